The van der Waals surface area contributed by atoms with E-state index in [0.29, 0.717) is 41.5 Å². The van der Waals surface area contributed by atoms with E-state index in [9.17, 15) is 9.59 Å². The number of rotatable bonds is 7. The number of amides is 2. The van der Waals surface area contributed by atoms with E-state index in [1.807, 2.05) is 20.0 Å². The van der Waals surface area contributed by atoms with E-state index < -0.39 is 19.9 Å². The average molecular weight is 538 g/mol. The van der Waals surface area contributed by atoms with Gasteiger partial charge in [-0.25, -0.2) is 9.67 Å². The molecule has 2 atom stereocenters. The lowest BCUT2D eigenvalue weighted by molar-refractivity contribution is -0.146. The van der Waals surface area contributed by atoms with Gasteiger partial charge in [0, 0.05) is 33.1 Å². The highest BCUT2D eigenvalue weighted by molar-refractivity contribution is 6.76. The van der Waals surface area contributed by atoms with Crippen LogP contribution in [-0.2, 0) is 21.1 Å². The standard InChI is InChI=1S/C27H39N7O3Si/c1-17-7-8-23(20-11-18(2)19(3)29-12-20)33(15-17)27(36)26(35)32-22-14-30-25(28)21-13-31-34(24(21)22)16-37-9-10-38(4,5)6/h11-14,17,23H,7-10,15-16H2,1-6H3,(H2,28,30)(H,32,35). The summed E-state index contributed by atoms with van der Waals surface area (Å²) in [7, 11) is -1.23. The fourth-order valence-corrected chi connectivity index (χ4v) is 5.47. The maximum absolute atomic E-state index is 13.5. The summed E-state index contributed by atoms with van der Waals surface area (Å²) < 4.78 is 7.52. The molecule has 0 aliphatic carbocycles. The van der Waals surface area contributed by atoms with Crippen molar-refractivity contribution in [3.63, 3.8) is 0 Å². The van der Waals surface area contributed by atoms with Gasteiger partial charge in [0.15, 0.2) is 0 Å². The molecule has 4 rings (SSSR count). The molecular weight excluding hydrogens is 498 g/mol. The summed E-state index contributed by atoms with van der Waals surface area (Å²) in [6.07, 6.45) is 6.63. The van der Waals surface area contributed by atoms with E-state index in [1.54, 1.807) is 15.8 Å². The van der Waals surface area contributed by atoms with Gasteiger partial charge >= 0.3 is 11.8 Å². The molecule has 0 aromatic carbocycles. The number of hydrogen-bond acceptors (Lipinski definition) is 7. The highest BCUT2D eigenvalue weighted by atomic mass is 28.3. The Bertz CT molecular complexity index is 1330. The number of ether oxygens (including phenoxy) is 1. The van der Waals surface area contributed by atoms with Crippen LogP contribution in [0.25, 0.3) is 10.9 Å². The van der Waals surface area contributed by atoms with E-state index in [4.69, 9.17) is 10.5 Å². The van der Waals surface area contributed by atoms with Crippen molar-refractivity contribution in [1.82, 2.24) is 24.6 Å². The number of aromatic nitrogens is 4. The largest absolute Gasteiger partial charge is 0.383 e. The van der Waals surface area contributed by atoms with Crippen molar-refractivity contribution >= 4 is 42.3 Å². The Morgan fingerprint density at radius 3 is 2.63 bits per heavy atom. The predicted octanol–water partition coefficient (Wildman–Crippen LogP) is 4.28. The summed E-state index contributed by atoms with van der Waals surface area (Å²) in [5.41, 5.74) is 10.00. The van der Waals surface area contributed by atoms with Crippen LogP contribution in [0.1, 0.15) is 42.6 Å². The number of nitrogens with two attached hydrogens (primary N) is 1. The summed E-state index contributed by atoms with van der Waals surface area (Å²) in [5, 5.41) is 7.78. The van der Waals surface area contributed by atoms with Crippen LogP contribution in [0.15, 0.2) is 24.7 Å². The molecule has 3 aromatic rings. The van der Waals surface area contributed by atoms with E-state index in [0.717, 1.165) is 35.7 Å². The zero-order chi connectivity index (χ0) is 27.6. The third-order valence-electron chi connectivity index (χ3n) is 7.18. The molecule has 4 heterocycles. The van der Waals surface area contributed by atoms with Crippen molar-refractivity contribution in [2.24, 2.45) is 5.92 Å². The van der Waals surface area contributed by atoms with Crippen LogP contribution >= 0.6 is 0 Å². The van der Waals surface area contributed by atoms with E-state index in [2.05, 4.69) is 53.0 Å². The SMILES string of the molecule is Cc1cc(C2CCC(C)CN2C(=O)C(=O)Nc2cnc(N)c3cnn(COCC[Si](C)(C)C)c23)cnc1C. The topological polar surface area (TPSA) is 128 Å². The minimum Gasteiger partial charge on any atom is -0.383 e. The molecule has 2 amide bonds. The number of pyridine rings is 2. The Morgan fingerprint density at radius 2 is 1.92 bits per heavy atom. The molecule has 0 spiro atoms. The first kappa shape index (κ1) is 27.7. The quantitative estimate of drug-likeness (QED) is 0.262. The Balaban J connectivity index is 1.55. The molecule has 10 nitrogen and oxygen atoms in total. The lowest BCUT2D eigenvalue weighted by Gasteiger charge is -2.38. The minimum atomic E-state index is -1.23. The van der Waals surface area contributed by atoms with E-state index in [1.165, 1.54) is 6.20 Å². The number of piperidine rings is 1. The molecule has 1 saturated heterocycles. The first-order valence-electron chi connectivity index (χ1n) is 13.2. The number of aryl methyl sites for hydroxylation is 2. The molecule has 1 aliphatic heterocycles. The van der Waals surface area contributed by atoms with Gasteiger partial charge in [-0.15, -0.1) is 0 Å². The average Bonchev–Trinajstić information content (AvgIpc) is 3.29. The normalized spacial score (nSPS) is 18.1. The Kier molecular flexibility index (Phi) is 8.17. The second-order valence-electron chi connectivity index (χ2n) is 11.6. The van der Waals surface area contributed by atoms with Crippen LogP contribution in [0, 0.1) is 19.8 Å². The van der Waals surface area contributed by atoms with E-state index >= 15 is 0 Å². The first-order chi connectivity index (χ1) is 17.9. The highest BCUT2D eigenvalue weighted by Crippen LogP contribution is 2.34. The molecule has 0 saturated carbocycles. The number of nitrogens with one attached hydrogen (secondary N) is 1. The second kappa shape index (κ2) is 11.2. The second-order valence-corrected chi connectivity index (χ2v) is 17.2. The number of nitrogen functional groups attached to an aromatic ring is 1. The monoisotopic (exact) mass is 537 g/mol. The molecule has 2 unspecified atom stereocenters. The van der Waals surface area contributed by atoms with Gasteiger partial charge in [-0.05, 0) is 49.8 Å². The van der Waals surface area contributed by atoms with Crippen LogP contribution in [-0.4, -0.2) is 57.7 Å². The van der Waals surface area contributed by atoms with Gasteiger partial charge in [0.2, 0.25) is 0 Å². The third-order valence-corrected chi connectivity index (χ3v) is 8.88. The van der Waals surface area contributed by atoms with Crippen molar-refractivity contribution in [3.8, 4) is 0 Å². The number of anilines is 2. The number of nitrogens with zero attached hydrogens (tertiary/aromatic N) is 5. The van der Waals surface area contributed by atoms with Crippen LogP contribution in [0.3, 0.4) is 0 Å². The predicted molar refractivity (Wildman–Crippen MR) is 151 cm³/mol. The maximum Gasteiger partial charge on any atom is 0.314 e. The summed E-state index contributed by atoms with van der Waals surface area (Å²) in [4.78, 5) is 37.2. The molecular formula is C27H39N7O3Si. The molecule has 11 heteroatoms. The molecule has 38 heavy (non-hydrogen) atoms. The van der Waals surface area contributed by atoms with Gasteiger partial charge in [0.1, 0.15) is 12.5 Å². The van der Waals surface area contributed by atoms with Gasteiger partial charge in [-0.1, -0.05) is 32.6 Å². The zero-order valence-corrected chi connectivity index (χ0v) is 24.2. The van der Waals surface area contributed by atoms with Gasteiger partial charge in [-0.3, -0.25) is 14.6 Å². The molecule has 0 radical (unpaired) electrons. The van der Waals surface area contributed by atoms with Crippen molar-refractivity contribution < 1.29 is 14.3 Å². The molecule has 3 N–H and O–H groups in total. The summed E-state index contributed by atoms with van der Waals surface area (Å²) in [5.74, 6) is -0.713. The van der Waals surface area contributed by atoms with Crippen LogP contribution in [0.4, 0.5) is 11.5 Å². The third kappa shape index (κ3) is 6.21. The number of carbonyl (C=O) groups excluding carboxylic acids is 2. The van der Waals surface area contributed by atoms with E-state index in [-0.39, 0.29) is 12.8 Å². The van der Waals surface area contributed by atoms with Crippen molar-refractivity contribution in [3.05, 3.63) is 41.5 Å². The molecule has 204 valence electrons. The fraction of sp³-hybridized carbons (Fsp3) is 0.519. The van der Waals surface area contributed by atoms with Gasteiger partial charge in [0.25, 0.3) is 0 Å². The molecule has 1 aliphatic rings. The molecule has 1 fully saturated rings. The Hall–Kier alpha value is -3.31. The van der Waals surface area contributed by atoms with Gasteiger partial charge in [0.05, 0.1) is 35.0 Å². The Morgan fingerprint density at radius 1 is 1.16 bits per heavy atom. The van der Waals surface area contributed by atoms with Crippen molar-refractivity contribution in [2.45, 2.75) is 72.1 Å². The smallest absolute Gasteiger partial charge is 0.314 e. The summed E-state index contributed by atoms with van der Waals surface area (Å²) in [6.45, 7) is 14.3. The number of hydrogen-bond donors (Lipinski definition) is 2. The highest BCUT2D eigenvalue weighted by Gasteiger charge is 2.35. The number of likely N-dealkylation sites (tertiary alicyclic amines) is 1. The number of carbonyl (C=O) groups is 2. The minimum absolute atomic E-state index is 0.203. The summed E-state index contributed by atoms with van der Waals surface area (Å²) >= 11 is 0. The van der Waals surface area contributed by atoms with Crippen LogP contribution in [0.2, 0.25) is 25.7 Å². The lowest BCUT2D eigenvalue weighted by Crippen LogP contribution is -2.46. The zero-order valence-electron chi connectivity index (χ0n) is 23.2. The first-order valence-corrected chi connectivity index (χ1v) is 16.9. The van der Waals surface area contributed by atoms with Crippen LogP contribution in [0.5, 0.6) is 0 Å². The lowest BCUT2D eigenvalue weighted by atomic mass is 9.90. The van der Waals surface area contributed by atoms with Gasteiger partial charge in [-0.2, -0.15) is 5.10 Å². The van der Waals surface area contributed by atoms with Crippen molar-refractivity contribution in [1.29, 1.82) is 0 Å². The maximum atomic E-state index is 13.5. The molecule has 3 aromatic heterocycles. The van der Waals surface area contributed by atoms with Crippen molar-refractivity contribution in [2.75, 3.05) is 24.2 Å². The molecule has 0 bridgehead atoms. The van der Waals surface area contributed by atoms with Crippen LogP contribution < -0.4 is 11.1 Å². The summed E-state index contributed by atoms with van der Waals surface area (Å²) in [6, 6.07) is 2.89. The number of fused-ring (bicyclic) bond motifs is 1. The fourth-order valence-electron chi connectivity index (χ4n) is 4.72. The van der Waals surface area contributed by atoms with Gasteiger partial charge < -0.3 is 20.7 Å². The Labute approximate surface area is 225 Å².